The average molecular weight is 375 g/mol. The van der Waals surface area contributed by atoms with Gasteiger partial charge in [0.05, 0.1) is 5.25 Å². The van der Waals surface area contributed by atoms with E-state index in [1.54, 1.807) is 12.4 Å². The fourth-order valence-electron chi connectivity index (χ4n) is 2.14. The lowest BCUT2D eigenvalue weighted by molar-refractivity contribution is -0.115. The zero-order valence-electron chi connectivity index (χ0n) is 14.0. The van der Waals surface area contributed by atoms with Gasteiger partial charge >= 0.3 is 0 Å². The van der Waals surface area contributed by atoms with Crippen LogP contribution in [-0.2, 0) is 11.3 Å². The lowest BCUT2D eigenvalue weighted by atomic mass is 10.2. The van der Waals surface area contributed by atoms with E-state index in [9.17, 15) is 4.79 Å². The number of hydrogen-bond acceptors (Lipinski definition) is 8. The highest BCUT2D eigenvalue weighted by Gasteiger charge is 2.21. The average Bonchev–Trinajstić information content (AvgIpc) is 3.21. The maximum absolute atomic E-state index is 12.3. The molecule has 10 heteroatoms. The second-order valence-electron chi connectivity index (χ2n) is 5.16. The molecule has 3 rings (SSSR count). The van der Waals surface area contributed by atoms with Gasteiger partial charge in [0, 0.05) is 24.5 Å². The molecule has 0 saturated heterocycles. The van der Waals surface area contributed by atoms with Crippen molar-refractivity contribution < 1.29 is 4.79 Å². The van der Waals surface area contributed by atoms with Gasteiger partial charge in [-0.2, -0.15) is 0 Å². The Morgan fingerprint density at radius 3 is 2.68 bits per heavy atom. The highest BCUT2D eigenvalue weighted by molar-refractivity contribution is 8.00. The summed E-state index contributed by atoms with van der Waals surface area (Å²) in [4.78, 5) is 16.4. The number of carbonyl (C=O) groups is 1. The zero-order chi connectivity index (χ0) is 17.8. The number of aryl methyl sites for hydroxylation is 1. The summed E-state index contributed by atoms with van der Waals surface area (Å²) in [5, 5.41) is 20.8. The molecule has 3 heterocycles. The number of hydrogen-bond donors (Lipinski definition) is 1. The summed E-state index contributed by atoms with van der Waals surface area (Å²) in [6.07, 6.45) is 3.44. The number of aromatic nitrogens is 6. The lowest BCUT2D eigenvalue weighted by Gasteiger charge is -2.11. The number of carbonyl (C=O) groups excluding carboxylic acids is 1. The molecule has 3 aromatic heterocycles. The summed E-state index contributed by atoms with van der Waals surface area (Å²) in [6, 6.07) is 3.77. The van der Waals surface area contributed by atoms with E-state index in [1.807, 2.05) is 37.5 Å². The van der Waals surface area contributed by atoms with Crippen molar-refractivity contribution >= 4 is 34.1 Å². The van der Waals surface area contributed by atoms with Gasteiger partial charge in [-0.25, -0.2) is 0 Å². The van der Waals surface area contributed by atoms with Crippen LogP contribution in [0.1, 0.15) is 18.9 Å². The smallest absolute Gasteiger partial charge is 0.239 e. The van der Waals surface area contributed by atoms with Crippen molar-refractivity contribution in [2.24, 2.45) is 0 Å². The second-order valence-corrected chi connectivity index (χ2v) is 7.65. The van der Waals surface area contributed by atoms with E-state index in [0.717, 1.165) is 16.4 Å². The number of pyridine rings is 1. The van der Waals surface area contributed by atoms with Gasteiger partial charge in [0.25, 0.3) is 0 Å². The van der Waals surface area contributed by atoms with Gasteiger partial charge in [-0.15, -0.1) is 20.4 Å². The van der Waals surface area contributed by atoms with Crippen LogP contribution in [0.25, 0.3) is 11.4 Å². The zero-order valence-corrected chi connectivity index (χ0v) is 15.6. The molecule has 0 aliphatic rings. The first-order valence-corrected chi connectivity index (χ1v) is 9.39. The van der Waals surface area contributed by atoms with Crippen LogP contribution in [0.15, 0.2) is 29.7 Å². The molecule has 0 aliphatic carbocycles. The number of rotatable bonds is 6. The van der Waals surface area contributed by atoms with Crippen LogP contribution in [0, 0.1) is 6.92 Å². The van der Waals surface area contributed by atoms with Crippen molar-refractivity contribution in [3.63, 3.8) is 0 Å². The predicted molar refractivity (Wildman–Crippen MR) is 97.5 cm³/mol. The number of anilines is 1. The summed E-state index contributed by atoms with van der Waals surface area (Å²) in [5.74, 6) is 0.622. The first-order chi connectivity index (χ1) is 12.1. The van der Waals surface area contributed by atoms with E-state index >= 15 is 0 Å². The molecule has 0 spiro atoms. The predicted octanol–water partition coefficient (Wildman–Crippen LogP) is 2.64. The van der Waals surface area contributed by atoms with E-state index < -0.39 is 0 Å². The molecule has 0 fully saturated rings. The Labute approximate surface area is 153 Å². The minimum Gasteiger partial charge on any atom is -0.302 e. The van der Waals surface area contributed by atoms with Crippen LogP contribution >= 0.6 is 23.1 Å². The molecule has 1 N–H and O–H groups in total. The maximum atomic E-state index is 12.3. The van der Waals surface area contributed by atoms with E-state index in [-0.39, 0.29) is 11.2 Å². The van der Waals surface area contributed by atoms with E-state index in [0.29, 0.717) is 16.8 Å². The van der Waals surface area contributed by atoms with Crippen LogP contribution < -0.4 is 5.32 Å². The van der Waals surface area contributed by atoms with Gasteiger partial charge in [-0.05, 0) is 32.9 Å². The van der Waals surface area contributed by atoms with E-state index in [2.05, 4.69) is 30.7 Å². The molecular formula is C15H17N7OS2. The van der Waals surface area contributed by atoms with Crippen molar-refractivity contribution in [2.75, 3.05) is 5.32 Å². The van der Waals surface area contributed by atoms with Gasteiger partial charge in [-0.3, -0.25) is 15.1 Å². The summed E-state index contributed by atoms with van der Waals surface area (Å²) >= 11 is 2.71. The van der Waals surface area contributed by atoms with E-state index in [4.69, 9.17) is 0 Å². The van der Waals surface area contributed by atoms with Crippen molar-refractivity contribution in [1.82, 2.24) is 29.9 Å². The van der Waals surface area contributed by atoms with Gasteiger partial charge in [0.1, 0.15) is 5.01 Å². The van der Waals surface area contributed by atoms with Gasteiger partial charge in [-0.1, -0.05) is 23.1 Å². The summed E-state index contributed by atoms with van der Waals surface area (Å²) < 4.78 is 1.98. The quantitative estimate of drug-likeness (QED) is 0.661. The van der Waals surface area contributed by atoms with Crippen molar-refractivity contribution in [1.29, 1.82) is 0 Å². The second kappa shape index (κ2) is 7.70. The fourth-order valence-corrected chi connectivity index (χ4v) is 3.65. The minimum absolute atomic E-state index is 0.141. The highest BCUT2D eigenvalue weighted by atomic mass is 32.2. The van der Waals surface area contributed by atoms with E-state index in [1.165, 1.54) is 23.1 Å². The Morgan fingerprint density at radius 2 is 2.04 bits per heavy atom. The molecule has 25 heavy (non-hydrogen) atoms. The van der Waals surface area contributed by atoms with Crippen molar-refractivity contribution in [2.45, 2.75) is 37.7 Å². The number of amides is 1. The van der Waals surface area contributed by atoms with Crippen LogP contribution in [0.3, 0.4) is 0 Å². The third-order valence-corrected chi connectivity index (χ3v) is 5.21. The van der Waals surface area contributed by atoms with Crippen LogP contribution in [0.2, 0.25) is 0 Å². The monoisotopic (exact) mass is 375 g/mol. The third-order valence-electron chi connectivity index (χ3n) is 3.38. The first kappa shape index (κ1) is 17.5. The lowest BCUT2D eigenvalue weighted by Crippen LogP contribution is -2.22. The Bertz CT molecular complexity index is 862. The van der Waals surface area contributed by atoms with Gasteiger partial charge in [0.15, 0.2) is 11.0 Å². The number of nitrogens with zero attached hydrogens (tertiary/aromatic N) is 6. The van der Waals surface area contributed by atoms with Crippen LogP contribution in [-0.4, -0.2) is 41.1 Å². The summed E-state index contributed by atoms with van der Waals surface area (Å²) in [7, 11) is 0. The maximum Gasteiger partial charge on any atom is 0.239 e. The molecule has 8 nitrogen and oxygen atoms in total. The summed E-state index contributed by atoms with van der Waals surface area (Å²) in [5.41, 5.74) is 0.942. The molecule has 130 valence electrons. The van der Waals surface area contributed by atoms with Crippen LogP contribution in [0.4, 0.5) is 5.13 Å². The van der Waals surface area contributed by atoms with Crippen molar-refractivity contribution in [3.8, 4) is 11.4 Å². The molecule has 0 unspecified atom stereocenters. The molecule has 1 amide bonds. The molecule has 0 radical (unpaired) electrons. The Morgan fingerprint density at radius 1 is 1.28 bits per heavy atom. The van der Waals surface area contributed by atoms with Gasteiger partial charge in [0.2, 0.25) is 11.0 Å². The molecule has 0 aliphatic heterocycles. The first-order valence-electron chi connectivity index (χ1n) is 7.69. The minimum atomic E-state index is -0.344. The fraction of sp³-hybridized carbons (Fsp3) is 0.333. The molecule has 0 saturated carbocycles. The SMILES string of the molecule is CCn1c(S[C@H](C)C(=O)Nc2nnc(C)s2)nnc1-c1ccncc1. The Kier molecular flexibility index (Phi) is 5.39. The molecule has 0 bridgehead atoms. The molecule has 0 aromatic carbocycles. The Hall–Kier alpha value is -2.33. The number of thioether (sulfide) groups is 1. The van der Waals surface area contributed by atoms with Crippen LogP contribution in [0.5, 0.6) is 0 Å². The Balaban J connectivity index is 1.74. The topological polar surface area (TPSA) is 98.5 Å². The molecule has 1 atom stereocenters. The van der Waals surface area contributed by atoms with Gasteiger partial charge < -0.3 is 4.57 Å². The number of nitrogens with one attached hydrogen (secondary N) is 1. The summed E-state index contributed by atoms with van der Waals surface area (Å²) in [6.45, 7) is 6.40. The standard InChI is InChI=1S/C15H17N7OS2/c1-4-22-12(11-5-7-16-8-6-11)19-21-15(22)24-9(2)13(23)17-14-20-18-10(3)25-14/h5-9H,4H2,1-3H3,(H,17,20,23)/t9-/m1/s1. The molecule has 3 aromatic rings. The normalized spacial score (nSPS) is 12.1. The third kappa shape index (κ3) is 4.02. The highest BCUT2D eigenvalue weighted by Crippen LogP contribution is 2.27. The van der Waals surface area contributed by atoms with Crippen molar-refractivity contribution in [3.05, 3.63) is 29.5 Å². The largest absolute Gasteiger partial charge is 0.302 e. The molecular weight excluding hydrogens is 358 g/mol.